The van der Waals surface area contributed by atoms with Gasteiger partial charge in [0.25, 0.3) is 5.91 Å². The van der Waals surface area contributed by atoms with Gasteiger partial charge >= 0.3 is 0 Å². The van der Waals surface area contributed by atoms with Crippen LogP contribution in [0.4, 0.5) is 0 Å². The Labute approximate surface area is 142 Å². The van der Waals surface area contributed by atoms with E-state index in [0.29, 0.717) is 11.0 Å². The van der Waals surface area contributed by atoms with Gasteiger partial charge in [-0.25, -0.2) is 4.98 Å². The van der Waals surface area contributed by atoms with Gasteiger partial charge in [-0.2, -0.15) is 0 Å². The number of oxazole rings is 1. The van der Waals surface area contributed by atoms with Crippen LogP contribution in [0.25, 0.3) is 11.1 Å². The second-order valence-electron chi connectivity index (χ2n) is 8.51. The van der Waals surface area contributed by atoms with Crippen molar-refractivity contribution in [2.75, 3.05) is 0 Å². The molecule has 4 bridgehead atoms. The zero-order valence-corrected chi connectivity index (χ0v) is 14.1. The Morgan fingerprint density at radius 3 is 2.54 bits per heavy atom. The molecule has 4 saturated carbocycles. The van der Waals surface area contributed by atoms with Crippen LogP contribution in [0.15, 0.2) is 29.0 Å². The third-order valence-electron chi connectivity index (χ3n) is 6.94. The van der Waals surface area contributed by atoms with Crippen molar-refractivity contribution in [3.8, 4) is 0 Å². The van der Waals surface area contributed by atoms with E-state index < -0.39 is 0 Å². The number of hydrogen-bond donors (Lipinski definition) is 1. The van der Waals surface area contributed by atoms with E-state index in [9.17, 15) is 4.79 Å². The highest BCUT2D eigenvalue weighted by Gasteiger charge is 2.53. The molecule has 1 unspecified atom stereocenters. The van der Waals surface area contributed by atoms with Crippen LogP contribution in [0.1, 0.15) is 55.8 Å². The van der Waals surface area contributed by atoms with Crippen molar-refractivity contribution in [3.63, 3.8) is 0 Å². The Morgan fingerprint density at radius 1 is 1.21 bits per heavy atom. The molecular formula is C20H24N2O2. The van der Waals surface area contributed by atoms with Crippen LogP contribution in [0.5, 0.6) is 0 Å². The van der Waals surface area contributed by atoms with Crippen molar-refractivity contribution in [1.82, 2.24) is 10.3 Å². The highest BCUT2D eigenvalue weighted by molar-refractivity contribution is 5.97. The maximum atomic E-state index is 12.7. The summed E-state index contributed by atoms with van der Waals surface area (Å²) < 4.78 is 5.26. The lowest BCUT2D eigenvalue weighted by Gasteiger charge is -2.59. The molecular weight excluding hydrogens is 300 g/mol. The van der Waals surface area contributed by atoms with E-state index in [1.165, 1.54) is 44.9 Å². The minimum Gasteiger partial charge on any atom is -0.443 e. The van der Waals surface area contributed by atoms with E-state index in [1.807, 2.05) is 18.2 Å². The Morgan fingerprint density at radius 2 is 1.88 bits per heavy atom. The number of amides is 1. The number of rotatable bonds is 3. The Bertz CT molecular complexity index is 759. The summed E-state index contributed by atoms with van der Waals surface area (Å²) in [6.45, 7) is 2.22. The molecule has 4 fully saturated rings. The molecule has 0 saturated heterocycles. The number of benzene rings is 1. The molecule has 0 aliphatic heterocycles. The molecule has 0 spiro atoms. The van der Waals surface area contributed by atoms with Gasteiger partial charge in [0, 0.05) is 11.6 Å². The molecule has 1 aromatic heterocycles. The van der Waals surface area contributed by atoms with Gasteiger partial charge in [-0.05, 0) is 86.8 Å². The summed E-state index contributed by atoms with van der Waals surface area (Å²) in [5.74, 6) is 2.73. The number of fused-ring (bicyclic) bond motifs is 1. The number of carbonyl (C=O) groups is 1. The molecule has 4 nitrogen and oxygen atoms in total. The minimum absolute atomic E-state index is 0.0168. The summed E-state index contributed by atoms with van der Waals surface area (Å²) in [6.07, 6.45) is 9.65. The molecule has 1 heterocycles. The fourth-order valence-corrected chi connectivity index (χ4v) is 6.14. The fourth-order valence-electron chi connectivity index (χ4n) is 6.14. The normalized spacial score (nSPS) is 35.3. The molecule has 4 aliphatic carbocycles. The van der Waals surface area contributed by atoms with Gasteiger partial charge in [-0.15, -0.1) is 0 Å². The molecule has 0 radical (unpaired) electrons. The van der Waals surface area contributed by atoms with E-state index >= 15 is 0 Å². The van der Waals surface area contributed by atoms with E-state index in [-0.39, 0.29) is 11.9 Å². The van der Waals surface area contributed by atoms with Crippen molar-refractivity contribution in [2.24, 2.45) is 23.2 Å². The zero-order valence-electron chi connectivity index (χ0n) is 14.1. The van der Waals surface area contributed by atoms with Crippen molar-refractivity contribution < 1.29 is 9.21 Å². The smallest absolute Gasteiger partial charge is 0.251 e. The molecule has 6 rings (SSSR count). The van der Waals surface area contributed by atoms with E-state index in [1.54, 1.807) is 0 Å². The van der Waals surface area contributed by atoms with Gasteiger partial charge in [0.05, 0.1) is 0 Å². The maximum absolute atomic E-state index is 12.7. The molecule has 1 aromatic carbocycles. The summed E-state index contributed by atoms with van der Waals surface area (Å²) in [7, 11) is 0. The maximum Gasteiger partial charge on any atom is 0.251 e. The fraction of sp³-hybridized carbons (Fsp3) is 0.600. The predicted molar refractivity (Wildman–Crippen MR) is 91.5 cm³/mol. The van der Waals surface area contributed by atoms with Gasteiger partial charge < -0.3 is 9.73 Å². The van der Waals surface area contributed by atoms with Crippen molar-refractivity contribution in [3.05, 3.63) is 30.2 Å². The van der Waals surface area contributed by atoms with Crippen LogP contribution in [-0.2, 0) is 0 Å². The topological polar surface area (TPSA) is 55.1 Å². The zero-order chi connectivity index (χ0) is 16.3. The van der Waals surface area contributed by atoms with Gasteiger partial charge in [0.1, 0.15) is 5.52 Å². The predicted octanol–water partition coefficient (Wildman–Crippen LogP) is 4.16. The van der Waals surface area contributed by atoms with E-state index in [4.69, 9.17) is 4.42 Å². The molecule has 4 aliphatic rings. The van der Waals surface area contributed by atoms with Crippen molar-refractivity contribution in [2.45, 2.75) is 51.5 Å². The monoisotopic (exact) mass is 324 g/mol. The number of nitrogens with zero attached hydrogens (tertiary/aromatic N) is 1. The highest BCUT2D eigenvalue weighted by Crippen LogP contribution is 2.61. The largest absolute Gasteiger partial charge is 0.443 e. The first kappa shape index (κ1) is 14.5. The lowest BCUT2D eigenvalue weighted by molar-refractivity contribution is -0.0688. The lowest BCUT2D eigenvalue weighted by atomic mass is 9.48. The van der Waals surface area contributed by atoms with Crippen LogP contribution in [0.3, 0.4) is 0 Å². The first-order chi connectivity index (χ1) is 11.6. The molecule has 4 heteroatoms. The van der Waals surface area contributed by atoms with E-state index in [2.05, 4.69) is 17.2 Å². The summed E-state index contributed by atoms with van der Waals surface area (Å²) >= 11 is 0. The summed E-state index contributed by atoms with van der Waals surface area (Å²) in [6, 6.07) is 5.72. The van der Waals surface area contributed by atoms with Gasteiger partial charge in [-0.3, -0.25) is 4.79 Å². The number of hydrogen-bond acceptors (Lipinski definition) is 3. The van der Waals surface area contributed by atoms with E-state index in [0.717, 1.165) is 28.9 Å². The average molecular weight is 324 g/mol. The Hall–Kier alpha value is -1.84. The Kier molecular flexibility index (Phi) is 3.07. The summed E-state index contributed by atoms with van der Waals surface area (Å²) in [5.41, 5.74) is 2.47. The number of aromatic nitrogens is 1. The van der Waals surface area contributed by atoms with Crippen LogP contribution in [0.2, 0.25) is 0 Å². The third-order valence-corrected chi connectivity index (χ3v) is 6.94. The third kappa shape index (κ3) is 2.19. The lowest BCUT2D eigenvalue weighted by Crippen LogP contribution is -2.55. The average Bonchev–Trinajstić information content (AvgIpc) is 3.01. The summed E-state index contributed by atoms with van der Waals surface area (Å²) in [5, 5.41) is 3.31. The Balaban J connectivity index is 1.36. The van der Waals surface area contributed by atoms with Gasteiger partial charge in [0.15, 0.2) is 12.0 Å². The van der Waals surface area contributed by atoms with Gasteiger partial charge in [-0.1, -0.05) is 0 Å². The van der Waals surface area contributed by atoms with Crippen molar-refractivity contribution >= 4 is 17.0 Å². The quantitative estimate of drug-likeness (QED) is 0.922. The molecule has 1 N–H and O–H groups in total. The second kappa shape index (κ2) is 5.08. The van der Waals surface area contributed by atoms with Crippen LogP contribution >= 0.6 is 0 Å². The SMILES string of the molecule is CC(NC(=O)c1ccc2ocnc2c1)C12CC3CC(CC(C3)C1)C2. The van der Waals surface area contributed by atoms with Crippen molar-refractivity contribution in [1.29, 1.82) is 0 Å². The minimum atomic E-state index is 0.0168. The van der Waals surface area contributed by atoms with Crippen LogP contribution in [0, 0.1) is 23.2 Å². The number of nitrogens with one attached hydrogen (secondary N) is 1. The number of carbonyl (C=O) groups excluding carboxylic acids is 1. The van der Waals surface area contributed by atoms with Crippen LogP contribution in [-0.4, -0.2) is 16.9 Å². The first-order valence-electron chi connectivity index (χ1n) is 9.25. The van der Waals surface area contributed by atoms with Gasteiger partial charge in [0.2, 0.25) is 0 Å². The molecule has 24 heavy (non-hydrogen) atoms. The highest BCUT2D eigenvalue weighted by atomic mass is 16.3. The molecule has 1 amide bonds. The molecule has 126 valence electrons. The second-order valence-corrected chi connectivity index (χ2v) is 8.51. The molecule has 2 aromatic rings. The molecule has 1 atom stereocenters. The summed E-state index contributed by atoms with van der Waals surface area (Å²) in [4.78, 5) is 16.9. The van der Waals surface area contributed by atoms with Crippen LogP contribution < -0.4 is 5.32 Å². The first-order valence-corrected chi connectivity index (χ1v) is 9.25. The standard InChI is InChI=1S/C20H24N2O2/c1-12(20-8-13-4-14(9-20)6-15(5-13)10-20)22-19(23)16-2-3-18-17(7-16)21-11-24-18/h2-3,7,11-15H,4-6,8-10H2,1H3,(H,22,23).